The minimum Gasteiger partial charge on any atom is -0.477 e. The lowest BCUT2D eigenvalue weighted by Crippen LogP contribution is -2.30. The van der Waals surface area contributed by atoms with Gasteiger partial charge in [0.05, 0.1) is 10.4 Å². The van der Waals surface area contributed by atoms with E-state index >= 15 is 0 Å². The summed E-state index contributed by atoms with van der Waals surface area (Å²) in [5.41, 5.74) is 0.486. The number of thiophene rings is 1. The number of anilines is 1. The summed E-state index contributed by atoms with van der Waals surface area (Å²) in [6.45, 7) is 0. The average molecular weight is 241 g/mol. The first kappa shape index (κ1) is 9.23. The van der Waals surface area contributed by atoms with Gasteiger partial charge in [0.1, 0.15) is 4.88 Å². The molecular weight excluding hydrogens is 234 g/mol. The molecule has 0 aromatic carbocycles. The number of rotatable bonds is 1. The highest BCUT2D eigenvalue weighted by Crippen LogP contribution is 2.58. The van der Waals surface area contributed by atoms with Crippen LogP contribution in [0.25, 0.3) is 0 Å². The molecule has 2 N–H and O–H groups in total. The molecule has 3 rings (SSSR count). The highest BCUT2D eigenvalue weighted by atomic mass is 32.2. The van der Waals surface area contributed by atoms with Gasteiger partial charge in [-0.15, -0.1) is 23.1 Å². The number of amides is 1. The number of aromatic carboxylic acids is 1. The fourth-order valence-corrected chi connectivity index (χ4v) is 3.87. The van der Waals surface area contributed by atoms with Gasteiger partial charge in [-0.25, -0.2) is 4.79 Å². The van der Waals surface area contributed by atoms with E-state index in [0.29, 0.717) is 5.69 Å². The second-order valence-electron chi connectivity index (χ2n) is 3.66. The monoisotopic (exact) mass is 241 g/mol. The van der Waals surface area contributed by atoms with E-state index in [-0.39, 0.29) is 15.5 Å². The van der Waals surface area contributed by atoms with Gasteiger partial charge in [-0.1, -0.05) is 0 Å². The molecule has 2 aliphatic rings. The van der Waals surface area contributed by atoms with Gasteiger partial charge in [0.2, 0.25) is 5.91 Å². The van der Waals surface area contributed by atoms with Crippen molar-refractivity contribution >= 4 is 40.7 Å². The molecule has 4 nitrogen and oxygen atoms in total. The molecule has 0 bridgehead atoms. The third-order valence-corrected chi connectivity index (χ3v) is 5.26. The van der Waals surface area contributed by atoms with Gasteiger partial charge >= 0.3 is 5.97 Å². The Bertz CT molecular complexity index is 476. The van der Waals surface area contributed by atoms with E-state index in [4.69, 9.17) is 5.11 Å². The zero-order chi connectivity index (χ0) is 10.6. The number of carboxylic acids is 1. The Morgan fingerprint density at radius 3 is 2.87 bits per heavy atom. The van der Waals surface area contributed by atoms with Crippen LogP contribution in [-0.2, 0) is 4.79 Å². The third-order valence-electron chi connectivity index (χ3n) is 2.61. The molecule has 1 saturated carbocycles. The Labute approximate surface area is 93.7 Å². The molecular formula is C9H7NO3S2. The number of thioether (sulfide) groups is 1. The van der Waals surface area contributed by atoms with E-state index in [9.17, 15) is 9.59 Å². The van der Waals surface area contributed by atoms with Crippen molar-refractivity contribution in [1.29, 1.82) is 0 Å². The molecule has 78 valence electrons. The van der Waals surface area contributed by atoms with Gasteiger partial charge in [-0.2, -0.15) is 0 Å². The van der Waals surface area contributed by atoms with Gasteiger partial charge < -0.3 is 10.4 Å². The normalized spacial score (nSPS) is 20.9. The molecule has 0 unspecified atom stereocenters. The van der Waals surface area contributed by atoms with Crippen molar-refractivity contribution in [2.75, 3.05) is 5.32 Å². The molecule has 0 radical (unpaired) electrons. The van der Waals surface area contributed by atoms with Gasteiger partial charge in [-0.3, -0.25) is 4.79 Å². The Kier molecular flexibility index (Phi) is 1.70. The Balaban J connectivity index is 2.06. The third kappa shape index (κ3) is 1.21. The van der Waals surface area contributed by atoms with Gasteiger partial charge in [0, 0.05) is 10.3 Å². The maximum Gasteiger partial charge on any atom is 0.348 e. The van der Waals surface area contributed by atoms with Crippen LogP contribution in [0.15, 0.2) is 10.3 Å². The first-order valence-electron chi connectivity index (χ1n) is 4.48. The van der Waals surface area contributed by atoms with Gasteiger partial charge in [0.15, 0.2) is 0 Å². The minimum absolute atomic E-state index is 0.0408. The zero-order valence-corrected chi connectivity index (χ0v) is 9.20. The van der Waals surface area contributed by atoms with Crippen LogP contribution in [0, 0.1) is 0 Å². The lowest BCUT2D eigenvalue weighted by Gasteiger charge is -2.21. The number of carbonyl (C=O) groups is 2. The summed E-state index contributed by atoms with van der Waals surface area (Å²) in [4.78, 5) is 23.7. The van der Waals surface area contributed by atoms with Gasteiger partial charge in [-0.05, 0) is 12.8 Å². The maximum absolute atomic E-state index is 11.7. The van der Waals surface area contributed by atoms with Crippen LogP contribution in [-0.4, -0.2) is 21.7 Å². The number of carbonyl (C=O) groups excluding carboxylic acids is 1. The number of carboxylic acid groups (broad SMARTS) is 1. The summed E-state index contributed by atoms with van der Waals surface area (Å²) in [5.74, 6) is -1.02. The molecule has 1 aliphatic carbocycles. The van der Waals surface area contributed by atoms with E-state index in [1.807, 2.05) is 5.38 Å². The predicted molar refractivity (Wildman–Crippen MR) is 57.7 cm³/mol. The largest absolute Gasteiger partial charge is 0.477 e. The first-order chi connectivity index (χ1) is 7.12. The molecule has 1 aliphatic heterocycles. The van der Waals surface area contributed by atoms with Crippen LogP contribution in [0.4, 0.5) is 5.69 Å². The van der Waals surface area contributed by atoms with Crippen molar-refractivity contribution in [2.45, 2.75) is 22.5 Å². The van der Waals surface area contributed by atoms with Crippen molar-refractivity contribution in [2.24, 2.45) is 0 Å². The van der Waals surface area contributed by atoms with Crippen LogP contribution >= 0.6 is 23.1 Å². The van der Waals surface area contributed by atoms with E-state index in [1.165, 1.54) is 23.1 Å². The topological polar surface area (TPSA) is 66.4 Å². The summed E-state index contributed by atoms with van der Waals surface area (Å²) in [7, 11) is 0. The van der Waals surface area contributed by atoms with Crippen LogP contribution in [0.1, 0.15) is 22.5 Å². The standard InChI is InChI=1S/C9H7NO3S2/c11-7(12)6-5-4(3-14-6)15-9(1-2-9)8(13)10-5/h3H,1-2H2,(H,10,13)(H,11,12). The fourth-order valence-electron chi connectivity index (χ4n) is 1.62. The van der Waals surface area contributed by atoms with E-state index in [0.717, 1.165) is 17.7 Å². The highest BCUT2D eigenvalue weighted by molar-refractivity contribution is 8.02. The molecule has 1 spiro atoms. The number of fused-ring (bicyclic) bond motifs is 1. The molecule has 1 aromatic heterocycles. The summed E-state index contributed by atoms with van der Waals surface area (Å²) in [5, 5.41) is 13.4. The van der Waals surface area contributed by atoms with E-state index in [1.54, 1.807) is 0 Å². The lowest BCUT2D eigenvalue weighted by molar-refractivity contribution is -0.116. The SMILES string of the molecule is O=C(O)c1scc2c1NC(=O)C1(CC1)S2. The van der Waals surface area contributed by atoms with Crippen LogP contribution in [0.3, 0.4) is 0 Å². The van der Waals surface area contributed by atoms with Crippen molar-refractivity contribution in [3.05, 3.63) is 10.3 Å². The van der Waals surface area contributed by atoms with E-state index in [2.05, 4.69) is 5.32 Å². The number of hydrogen-bond acceptors (Lipinski definition) is 4. The molecule has 1 aromatic rings. The Morgan fingerprint density at radius 2 is 2.27 bits per heavy atom. The zero-order valence-electron chi connectivity index (χ0n) is 7.57. The minimum atomic E-state index is -0.978. The van der Waals surface area contributed by atoms with Gasteiger partial charge in [0.25, 0.3) is 0 Å². The van der Waals surface area contributed by atoms with Crippen molar-refractivity contribution < 1.29 is 14.7 Å². The molecule has 1 amide bonds. The summed E-state index contributed by atoms with van der Waals surface area (Å²) in [6.07, 6.45) is 1.78. The van der Waals surface area contributed by atoms with Crippen molar-refractivity contribution in [3.63, 3.8) is 0 Å². The van der Waals surface area contributed by atoms with Crippen molar-refractivity contribution in [3.8, 4) is 0 Å². The summed E-state index contributed by atoms with van der Waals surface area (Å²) < 4.78 is -0.288. The quantitative estimate of drug-likeness (QED) is 0.789. The average Bonchev–Trinajstić information content (AvgIpc) is 2.82. The molecule has 2 heterocycles. The maximum atomic E-state index is 11.7. The Morgan fingerprint density at radius 1 is 1.53 bits per heavy atom. The van der Waals surface area contributed by atoms with Crippen LogP contribution in [0.5, 0.6) is 0 Å². The Hall–Kier alpha value is -1.01. The summed E-state index contributed by atoms with van der Waals surface area (Å²) in [6, 6.07) is 0. The summed E-state index contributed by atoms with van der Waals surface area (Å²) >= 11 is 2.68. The van der Waals surface area contributed by atoms with Crippen LogP contribution in [0.2, 0.25) is 0 Å². The molecule has 15 heavy (non-hydrogen) atoms. The second kappa shape index (κ2) is 2.76. The predicted octanol–water partition coefficient (Wildman–Crippen LogP) is 2.02. The fraction of sp³-hybridized carbons (Fsp3) is 0.333. The molecule has 0 saturated heterocycles. The second-order valence-corrected chi connectivity index (χ2v) is 5.96. The number of hydrogen-bond donors (Lipinski definition) is 2. The molecule has 1 fully saturated rings. The van der Waals surface area contributed by atoms with Crippen molar-refractivity contribution in [1.82, 2.24) is 0 Å². The van der Waals surface area contributed by atoms with Crippen LogP contribution < -0.4 is 5.32 Å². The highest BCUT2D eigenvalue weighted by Gasteiger charge is 2.54. The smallest absolute Gasteiger partial charge is 0.348 e. The first-order valence-corrected chi connectivity index (χ1v) is 6.17. The molecule has 0 atom stereocenters. The number of nitrogens with one attached hydrogen (secondary N) is 1. The molecule has 6 heteroatoms. The van der Waals surface area contributed by atoms with E-state index < -0.39 is 5.97 Å². The lowest BCUT2D eigenvalue weighted by atomic mass is 10.3.